The summed E-state index contributed by atoms with van der Waals surface area (Å²) in [5.74, 6) is 0.921. The molecule has 0 aromatic heterocycles. The summed E-state index contributed by atoms with van der Waals surface area (Å²) in [4.78, 5) is 11.1. The lowest BCUT2D eigenvalue weighted by Crippen LogP contribution is -2.12. The lowest BCUT2D eigenvalue weighted by atomic mass is 10.2. The van der Waals surface area contributed by atoms with Crippen LogP contribution >= 0.6 is 23.2 Å². The lowest BCUT2D eigenvalue weighted by Gasteiger charge is -2.09. The van der Waals surface area contributed by atoms with Crippen molar-refractivity contribution in [2.45, 2.75) is 6.92 Å². The number of carbonyl (C=O) groups is 1. The Morgan fingerprint density at radius 2 is 1.90 bits per heavy atom. The van der Waals surface area contributed by atoms with E-state index in [1.165, 1.54) is 0 Å². The average Bonchev–Trinajstić information content (AvgIpc) is 2.45. The molecule has 2 aromatic rings. The SMILES string of the molecule is Cc1ccc(Cl)c(Oc2ccc(NC(=O)CCl)cc2)c1. The fraction of sp³-hybridized carbons (Fsp3) is 0.133. The zero-order valence-corrected chi connectivity index (χ0v) is 12.3. The normalized spacial score (nSPS) is 10.2. The van der Waals surface area contributed by atoms with Crippen molar-refractivity contribution < 1.29 is 9.53 Å². The molecule has 0 unspecified atom stereocenters. The first-order chi connectivity index (χ1) is 9.58. The van der Waals surface area contributed by atoms with E-state index in [-0.39, 0.29) is 11.8 Å². The van der Waals surface area contributed by atoms with Gasteiger partial charge in [0.2, 0.25) is 5.91 Å². The highest BCUT2D eigenvalue weighted by Crippen LogP contribution is 2.30. The van der Waals surface area contributed by atoms with E-state index in [9.17, 15) is 4.79 Å². The Kier molecular flexibility index (Phi) is 4.88. The number of nitrogens with one attached hydrogen (secondary N) is 1. The first kappa shape index (κ1) is 14.7. The number of alkyl halides is 1. The van der Waals surface area contributed by atoms with Gasteiger partial charge in [-0.3, -0.25) is 4.79 Å². The van der Waals surface area contributed by atoms with Crippen LogP contribution in [0.5, 0.6) is 11.5 Å². The number of carbonyl (C=O) groups excluding carboxylic acids is 1. The van der Waals surface area contributed by atoms with Crippen molar-refractivity contribution in [2.24, 2.45) is 0 Å². The van der Waals surface area contributed by atoms with Crippen molar-refractivity contribution in [2.75, 3.05) is 11.2 Å². The molecule has 0 fully saturated rings. The van der Waals surface area contributed by atoms with Crippen molar-refractivity contribution in [3.63, 3.8) is 0 Å². The molecule has 2 aromatic carbocycles. The van der Waals surface area contributed by atoms with Crippen LogP contribution < -0.4 is 10.1 Å². The summed E-state index contributed by atoms with van der Waals surface area (Å²) >= 11 is 11.5. The third-order valence-corrected chi connectivity index (χ3v) is 3.13. The van der Waals surface area contributed by atoms with Gasteiger partial charge in [0.1, 0.15) is 17.4 Å². The van der Waals surface area contributed by atoms with Crippen LogP contribution in [0.4, 0.5) is 5.69 Å². The number of hydrogen-bond donors (Lipinski definition) is 1. The molecule has 0 saturated heterocycles. The van der Waals surface area contributed by atoms with Gasteiger partial charge < -0.3 is 10.1 Å². The number of amides is 1. The molecule has 0 atom stereocenters. The maximum absolute atomic E-state index is 11.1. The summed E-state index contributed by atoms with van der Waals surface area (Å²) in [6, 6.07) is 12.6. The standard InChI is InChI=1S/C15H13Cl2NO2/c1-10-2-7-13(17)14(8-10)20-12-5-3-11(4-6-12)18-15(19)9-16/h2-8H,9H2,1H3,(H,18,19). The maximum Gasteiger partial charge on any atom is 0.239 e. The first-order valence-corrected chi connectivity index (χ1v) is 6.89. The molecule has 1 amide bonds. The summed E-state index contributed by atoms with van der Waals surface area (Å²) in [5.41, 5.74) is 1.73. The zero-order valence-electron chi connectivity index (χ0n) is 10.8. The van der Waals surface area contributed by atoms with Gasteiger partial charge in [0.05, 0.1) is 5.02 Å². The monoisotopic (exact) mass is 309 g/mol. The van der Waals surface area contributed by atoms with Gasteiger partial charge in [0.25, 0.3) is 0 Å². The number of halogens is 2. The van der Waals surface area contributed by atoms with Crippen LogP contribution in [-0.4, -0.2) is 11.8 Å². The van der Waals surface area contributed by atoms with E-state index in [1.54, 1.807) is 30.3 Å². The summed E-state index contributed by atoms with van der Waals surface area (Å²) < 4.78 is 5.71. The van der Waals surface area contributed by atoms with Crippen LogP contribution in [-0.2, 0) is 4.79 Å². The lowest BCUT2D eigenvalue weighted by molar-refractivity contribution is -0.113. The third-order valence-electron chi connectivity index (χ3n) is 2.57. The fourth-order valence-corrected chi connectivity index (χ4v) is 1.84. The summed E-state index contributed by atoms with van der Waals surface area (Å²) in [7, 11) is 0. The molecule has 0 bridgehead atoms. The van der Waals surface area contributed by atoms with Gasteiger partial charge in [-0.1, -0.05) is 17.7 Å². The second kappa shape index (κ2) is 6.64. The Hall–Kier alpha value is -1.71. The number of rotatable bonds is 4. The molecule has 0 aliphatic rings. The van der Waals surface area contributed by atoms with Gasteiger partial charge in [-0.2, -0.15) is 0 Å². The average molecular weight is 310 g/mol. The Bertz CT molecular complexity index is 612. The summed E-state index contributed by atoms with van der Waals surface area (Å²) in [6.07, 6.45) is 0. The molecule has 104 valence electrons. The molecule has 0 radical (unpaired) electrons. The van der Waals surface area contributed by atoms with Gasteiger partial charge >= 0.3 is 0 Å². The van der Waals surface area contributed by atoms with Crippen LogP contribution in [0.2, 0.25) is 5.02 Å². The largest absolute Gasteiger partial charge is 0.456 e. The first-order valence-electron chi connectivity index (χ1n) is 5.98. The quantitative estimate of drug-likeness (QED) is 0.837. The van der Waals surface area contributed by atoms with Crippen molar-refractivity contribution >= 4 is 34.8 Å². The van der Waals surface area contributed by atoms with Gasteiger partial charge in [0.15, 0.2) is 0 Å². The van der Waals surface area contributed by atoms with E-state index in [2.05, 4.69) is 5.32 Å². The molecule has 5 heteroatoms. The van der Waals surface area contributed by atoms with Crippen LogP contribution in [0.15, 0.2) is 42.5 Å². The van der Waals surface area contributed by atoms with E-state index in [4.69, 9.17) is 27.9 Å². The minimum atomic E-state index is -0.248. The predicted octanol–water partition coefficient (Wildman–Crippen LogP) is 4.62. The second-order valence-electron chi connectivity index (χ2n) is 4.24. The second-order valence-corrected chi connectivity index (χ2v) is 4.92. The molecule has 0 aliphatic heterocycles. The van der Waals surface area contributed by atoms with E-state index in [0.29, 0.717) is 22.2 Å². The minimum Gasteiger partial charge on any atom is -0.456 e. The van der Waals surface area contributed by atoms with E-state index in [0.717, 1.165) is 5.56 Å². The predicted molar refractivity (Wildman–Crippen MR) is 82.1 cm³/mol. The molecular weight excluding hydrogens is 297 g/mol. The van der Waals surface area contributed by atoms with Crippen LogP contribution in [0.3, 0.4) is 0 Å². The van der Waals surface area contributed by atoms with Crippen LogP contribution in [0.1, 0.15) is 5.56 Å². The highest BCUT2D eigenvalue weighted by Gasteiger charge is 2.04. The zero-order chi connectivity index (χ0) is 14.5. The van der Waals surface area contributed by atoms with Crippen molar-refractivity contribution in [1.29, 1.82) is 0 Å². The topological polar surface area (TPSA) is 38.3 Å². The molecule has 1 N–H and O–H groups in total. The minimum absolute atomic E-state index is 0.0723. The Morgan fingerprint density at radius 3 is 2.55 bits per heavy atom. The van der Waals surface area contributed by atoms with Gasteiger partial charge in [-0.25, -0.2) is 0 Å². The van der Waals surface area contributed by atoms with E-state index in [1.807, 2.05) is 19.1 Å². The van der Waals surface area contributed by atoms with Crippen LogP contribution in [0.25, 0.3) is 0 Å². The number of anilines is 1. The number of aryl methyl sites for hydroxylation is 1. The summed E-state index contributed by atoms with van der Waals surface area (Å²) in [6.45, 7) is 1.97. The van der Waals surface area contributed by atoms with Gasteiger partial charge in [-0.15, -0.1) is 11.6 Å². The Balaban J connectivity index is 2.10. The Morgan fingerprint density at radius 1 is 1.20 bits per heavy atom. The fourth-order valence-electron chi connectivity index (χ4n) is 1.62. The van der Waals surface area contributed by atoms with Crippen molar-refractivity contribution in [3.05, 3.63) is 53.1 Å². The summed E-state index contributed by atoms with van der Waals surface area (Å²) in [5, 5.41) is 3.20. The maximum atomic E-state index is 11.1. The molecule has 20 heavy (non-hydrogen) atoms. The molecular formula is C15H13Cl2NO2. The number of hydrogen-bond acceptors (Lipinski definition) is 2. The van der Waals surface area contributed by atoms with Crippen molar-refractivity contribution in [1.82, 2.24) is 0 Å². The molecule has 2 rings (SSSR count). The smallest absolute Gasteiger partial charge is 0.239 e. The van der Waals surface area contributed by atoms with E-state index >= 15 is 0 Å². The van der Waals surface area contributed by atoms with Gasteiger partial charge in [0, 0.05) is 5.69 Å². The Labute approximate surface area is 127 Å². The van der Waals surface area contributed by atoms with E-state index < -0.39 is 0 Å². The molecule has 3 nitrogen and oxygen atoms in total. The molecule has 0 heterocycles. The highest BCUT2D eigenvalue weighted by atomic mass is 35.5. The third kappa shape index (κ3) is 3.89. The van der Waals surface area contributed by atoms with Gasteiger partial charge in [-0.05, 0) is 48.9 Å². The highest BCUT2D eigenvalue weighted by molar-refractivity contribution is 6.32. The van der Waals surface area contributed by atoms with Crippen molar-refractivity contribution in [3.8, 4) is 11.5 Å². The number of benzene rings is 2. The molecule has 0 saturated carbocycles. The number of ether oxygens (including phenoxy) is 1. The molecule has 0 spiro atoms. The molecule has 0 aliphatic carbocycles. The van der Waals surface area contributed by atoms with Crippen LogP contribution in [0, 0.1) is 6.92 Å².